The molecule has 78 valence electrons. The molecule has 0 heterocycles. The van der Waals surface area contributed by atoms with Gasteiger partial charge in [-0.15, -0.1) is 0 Å². The molecule has 0 saturated carbocycles. The van der Waals surface area contributed by atoms with Gasteiger partial charge in [0.1, 0.15) is 0 Å². The fraction of sp³-hybridized carbons (Fsp3) is 1.00. The number of rotatable bonds is 7. The van der Waals surface area contributed by atoms with Crippen LogP contribution in [0.25, 0.3) is 0 Å². The highest BCUT2D eigenvalue weighted by Gasteiger charge is 2.16. The number of ether oxygens (including phenoxy) is 1. The molecule has 4 nitrogen and oxygen atoms in total. The molecule has 0 radical (unpaired) electrons. The lowest BCUT2D eigenvalue weighted by Gasteiger charge is -2.23. The predicted octanol–water partition coefficient (Wildman–Crippen LogP) is 1.55. The van der Waals surface area contributed by atoms with Crippen LogP contribution in [0.4, 0.5) is 0 Å². The summed E-state index contributed by atoms with van der Waals surface area (Å²) >= 11 is 0. The zero-order valence-electron chi connectivity index (χ0n) is 8.96. The maximum Gasteiger partial charge on any atom is 0.0987 e. The molecule has 0 rings (SSSR count). The van der Waals surface area contributed by atoms with Gasteiger partial charge in [-0.1, -0.05) is 5.18 Å². The quantitative estimate of drug-likeness (QED) is 0.487. The topological polar surface area (TPSA) is 50.7 Å². The first-order valence-electron chi connectivity index (χ1n) is 4.63. The van der Waals surface area contributed by atoms with Crippen LogP contribution in [0.5, 0.6) is 0 Å². The van der Waals surface area contributed by atoms with Gasteiger partial charge in [0.05, 0.1) is 19.3 Å². The third-order valence-electron chi connectivity index (χ3n) is 1.62. The van der Waals surface area contributed by atoms with Crippen LogP contribution >= 0.6 is 0 Å². The van der Waals surface area contributed by atoms with Crippen molar-refractivity contribution in [3.05, 3.63) is 4.91 Å². The summed E-state index contributed by atoms with van der Waals surface area (Å²) in [5.74, 6) is 0. The van der Waals surface area contributed by atoms with E-state index in [0.29, 0.717) is 6.61 Å². The molecule has 0 fully saturated rings. The molecule has 0 unspecified atom stereocenters. The van der Waals surface area contributed by atoms with Crippen molar-refractivity contribution in [1.82, 2.24) is 5.32 Å². The van der Waals surface area contributed by atoms with E-state index in [9.17, 15) is 4.91 Å². The second-order valence-electron chi connectivity index (χ2n) is 4.02. The highest BCUT2D eigenvalue weighted by atomic mass is 16.5. The van der Waals surface area contributed by atoms with Gasteiger partial charge in [-0.05, 0) is 27.7 Å². The maximum absolute atomic E-state index is 10.0. The summed E-state index contributed by atoms with van der Waals surface area (Å²) in [6.07, 6.45) is 0.258. The van der Waals surface area contributed by atoms with Crippen molar-refractivity contribution in [2.75, 3.05) is 19.7 Å². The SMILES string of the molecule is CC(C)OCCNC(C)(C)CN=O. The van der Waals surface area contributed by atoms with Crippen LogP contribution in [0.1, 0.15) is 27.7 Å². The van der Waals surface area contributed by atoms with E-state index in [1.165, 1.54) is 0 Å². The Kier molecular flexibility index (Phi) is 5.82. The molecule has 0 atom stereocenters. The molecule has 0 aliphatic heterocycles. The molecule has 0 bridgehead atoms. The normalized spacial score (nSPS) is 12.1. The second kappa shape index (κ2) is 6.05. The predicted molar refractivity (Wildman–Crippen MR) is 53.8 cm³/mol. The zero-order chi connectivity index (χ0) is 10.3. The van der Waals surface area contributed by atoms with Crippen molar-refractivity contribution >= 4 is 0 Å². The van der Waals surface area contributed by atoms with Gasteiger partial charge in [0.2, 0.25) is 0 Å². The lowest BCUT2D eigenvalue weighted by atomic mass is 10.1. The number of nitroso groups, excluding NO2 is 1. The summed E-state index contributed by atoms with van der Waals surface area (Å²) in [7, 11) is 0. The molecule has 4 heteroatoms. The Morgan fingerprint density at radius 1 is 1.46 bits per heavy atom. The van der Waals surface area contributed by atoms with E-state index in [-0.39, 0.29) is 18.2 Å². The average Bonchev–Trinajstić information content (AvgIpc) is 1.98. The molecule has 0 aromatic heterocycles. The summed E-state index contributed by atoms with van der Waals surface area (Å²) in [6, 6.07) is 0. The first-order valence-corrected chi connectivity index (χ1v) is 4.63. The van der Waals surface area contributed by atoms with Gasteiger partial charge in [-0.2, -0.15) is 4.91 Å². The van der Waals surface area contributed by atoms with E-state index in [4.69, 9.17) is 4.74 Å². The second-order valence-corrected chi connectivity index (χ2v) is 4.02. The molecule has 0 aliphatic carbocycles. The minimum Gasteiger partial charge on any atom is -0.377 e. The Morgan fingerprint density at radius 3 is 2.54 bits per heavy atom. The lowest BCUT2D eigenvalue weighted by Crippen LogP contribution is -2.43. The molecule has 0 aromatic rings. The maximum atomic E-state index is 10.0. The van der Waals surface area contributed by atoms with Crippen molar-refractivity contribution in [1.29, 1.82) is 0 Å². The van der Waals surface area contributed by atoms with Crippen LogP contribution in [-0.2, 0) is 4.74 Å². The van der Waals surface area contributed by atoms with Crippen molar-refractivity contribution in [2.45, 2.75) is 39.3 Å². The highest BCUT2D eigenvalue weighted by molar-refractivity contribution is 4.79. The number of nitrogens with zero attached hydrogens (tertiary/aromatic N) is 1. The summed E-state index contributed by atoms with van der Waals surface area (Å²) in [6.45, 7) is 9.60. The van der Waals surface area contributed by atoms with Crippen LogP contribution in [-0.4, -0.2) is 31.3 Å². The fourth-order valence-corrected chi connectivity index (χ4v) is 0.901. The lowest BCUT2D eigenvalue weighted by molar-refractivity contribution is 0.0772. The van der Waals surface area contributed by atoms with Gasteiger partial charge in [0.25, 0.3) is 0 Å². The Labute approximate surface area is 80.0 Å². The van der Waals surface area contributed by atoms with Crippen molar-refractivity contribution in [3.63, 3.8) is 0 Å². The fourth-order valence-electron chi connectivity index (χ4n) is 0.901. The third-order valence-corrected chi connectivity index (χ3v) is 1.62. The van der Waals surface area contributed by atoms with Crippen molar-refractivity contribution in [2.24, 2.45) is 5.18 Å². The molecule has 0 saturated heterocycles. The van der Waals surface area contributed by atoms with Crippen molar-refractivity contribution in [3.8, 4) is 0 Å². The summed E-state index contributed by atoms with van der Waals surface area (Å²) in [5.41, 5.74) is -0.220. The minimum absolute atomic E-state index is 0.220. The monoisotopic (exact) mass is 188 g/mol. The first-order chi connectivity index (χ1) is 5.98. The van der Waals surface area contributed by atoms with E-state index in [1.54, 1.807) is 0 Å². The average molecular weight is 188 g/mol. The first kappa shape index (κ1) is 12.5. The van der Waals surface area contributed by atoms with Crippen LogP contribution in [0, 0.1) is 4.91 Å². The Bertz CT molecular complexity index is 147. The molecule has 0 spiro atoms. The molecule has 0 aromatic carbocycles. The number of nitrogens with one attached hydrogen (secondary N) is 1. The van der Waals surface area contributed by atoms with Crippen LogP contribution in [0.15, 0.2) is 5.18 Å². The van der Waals surface area contributed by atoms with Gasteiger partial charge in [0, 0.05) is 12.1 Å². The molecule has 0 amide bonds. The molecule has 13 heavy (non-hydrogen) atoms. The van der Waals surface area contributed by atoms with Crippen LogP contribution in [0.2, 0.25) is 0 Å². The van der Waals surface area contributed by atoms with E-state index in [0.717, 1.165) is 6.54 Å². The minimum atomic E-state index is -0.220. The Hall–Kier alpha value is -0.480. The number of hydrogen-bond donors (Lipinski definition) is 1. The molecule has 1 N–H and O–H groups in total. The summed E-state index contributed by atoms with van der Waals surface area (Å²) in [4.78, 5) is 10.0. The summed E-state index contributed by atoms with van der Waals surface area (Å²) < 4.78 is 5.34. The van der Waals surface area contributed by atoms with Crippen molar-refractivity contribution < 1.29 is 4.74 Å². The van der Waals surface area contributed by atoms with Crippen LogP contribution in [0.3, 0.4) is 0 Å². The molecular weight excluding hydrogens is 168 g/mol. The highest BCUT2D eigenvalue weighted by Crippen LogP contribution is 2.01. The van der Waals surface area contributed by atoms with E-state index in [1.807, 2.05) is 27.7 Å². The largest absolute Gasteiger partial charge is 0.377 e. The Balaban J connectivity index is 3.45. The smallest absolute Gasteiger partial charge is 0.0987 e. The van der Waals surface area contributed by atoms with Gasteiger partial charge in [-0.3, -0.25) is 0 Å². The Morgan fingerprint density at radius 2 is 2.08 bits per heavy atom. The third kappa shape index (κ3) is 7.87. The molecular formula is C9H20N2O2. The van der Waals surface area contributed by atoms with Crippen LogP contribution < -0.4 is 5.32 Å². The van der Waals surface area contributed by atoms with Gasteiger partial charge in [-0.25, -0.2) is 0 Å². The standard InChI is InChI=1S/C9H20N2O2/c1-8(2)13-6-5-10-9(3,4)7-11-12/h8,10H,5-7H2,1-4H3. The van der Waals surface area contributed by atoms with E-state index < -0.39 is 0 Å². The van der Waals surface area contributed by atoms with E-state index in [2.05, 4.69) is 10.5 Å². The summed E-state index contributed by atoms with van der Waals surface area (Å²) in [5, 5.41) is 6.06. The molecule has 0 aliphatic rings. The van der Waals surface area contributed by atoms with Gasteiger partial charge < -0.3 is 10.1 Å². The van der Waals surface area contributed by atoms with E-state index >= 15 is 0 Å². The zero-order valence-corrected chi connectivity index (χ0v) is 8.96. The number of hydrogen-bond acceptors (Lipinski definition) is 4. The van der Waals surface area contributed by atoms with Gasteiger partial charge >= 0.3 is 0 Å². The van der Waals surface area contributed by atoms with Gasteiger partial charge in [0.15, 0.2) is 0 Å².